The fourth-order valence-corrected chi connectivity index (χ4v) is 16.6. The Kier molecular flexibility index (Phi) is 40.2. The molecule has 360 valence electrons. The molecule has 0 aromatic rings. The van der Waals surface area contributed by atoms with Gasteiger partial charge in [-0.1, -0.05) is 0 Å². The summed E-state index contributed by atoms with van der Waals surface area (Å²) in [5.74, 6) is 0. The van der Waals surface area contributed by atoms with Gasteiger partial charge in [-0.2, -0.15) is 0 Å². The van der Waals surface area contributed by atoms with Gasteiger partial charge in [0.15, 0.2) is 0 Å². The third-order valence-corrected chi connectivity index (χ3v) is 20.8. The molecule has 0 spiro atoms. The molecular weight excluding hydrogens is 849 g/mol. The molecule has 0 aromatic carbocycles. The van der Waals surface area contributed by atoms with Gasteiger partial charge in [0.1, 0.15) is 0 Å². The molecule has 0 bridgehead atoms. The fraction of sp³-hybridized carbons (Fsp3) is 0.947. The van der Waals surface area contributed by atoms with Gasteiger partial charge >= 0.3 is 47.3 Å². The Morgan fingerprint density at radius 3 is 0.533 bits per heavy atom. The number of hydrogen-bond donors (Lipinski definition) is 4. The van der Waals surface area contributed by atoms with E-state index >= 15 is 0 Å². The van der Waals surface area contributed by atoms with Crippen molar-refractivity contribution >= 4 is 47.3 Å². The maximum atomic E-state index is 12.1. The van der Waals surface area contributed by atoms with Crippen molar-refractivity contribution in [2.45, 2.75) is 133 Å². The third kappa shape index (κ3) is 28.6. The third-order valence-electron chi connectivity index (χ3n) is 8.15. The minimum absolute atomic E-state index is 0.192. The molecule has 18 nitrogen and oxygen atoms in total. The van der Waals surface area contributed by atoms with Crippen molar-refractivity contribution < 1.29 is 62.7 Å². The number of rotatable bonds is 40. The lowest BCUT2D eigenvalue weighted by molar-refractivity contribution is 0.0700. The van der Waals surface area contributed by atoms with Crippen molar-refractivity contribution in [2.75, 3.05) is 105 Å². The summed E-state index contributed by atoms with van der Waals surface area (Å²) in [4.78, 5) is 24.1. The normalized spacial score (nSPS) is 12.2. The highest BCUT2D eigenvalue weighted by molar-refractivity contribution is 6.61. The molecule has 4 amide bonds. The zero-order valence-corrected chi connectivity index (χ0v) is 43.7. The predicted molar refractivity (Wildman–Crippen MR) is 243 cm³/mol. The Labute approximate surface area is 368 Å². The standard InChI is InChI=1S/2C19H44N2O7Si2/c2*1-7-23-29(24-8-2,25-9-3)17-13-15-20-19(22)21-16-14-18-30(26-10-4,27-11-5)28-12-6/h2*7-18H2,1-6H3,(H2,20,21,22). The first kappa shape index (κ1) is 61.0. The van der Waals surface area contributed by atoms with Crippen LogP contribution in [0.3, 0.4) is 0 Å². The summed E-state index contributed by atoms with van der Waals surface area (Å²) in [6, 6.07) is 2.32. The van der Waals surface area contributed by atoms with Crippen LogP contribution in [0.1, 0.15) is 109 Å². The molecule has 4 N–H and O–H groups in total. The van der Waals surface area contributed by atoms with E-state index in [0.717, 1.165) is 25.7 Å². The molecule has 0 heterocycles. The van der Waals surface area contributed by atoms with Crippen LogP contribution < -0.4 is 21.3 Å². The smallest absolute Gasteiger partial charge is 0.374 e. The number of urea groups is 2. The van der Waals surface area contributed by atoms with E-state index in [-0.39, 0.29) is 12.1 Å². The lowest BCUT2D eigenvalue weighted by Gasteiger charge is -2.28. The maximum absolute atomic E-state index is 12.1. The molecule has 0 unspecified atom stereocenters. The lowest BCUT2D eigenvalue weighted by atomic mass is 10.4. The maximum Gasteiger partial charge on any atom is 0.500 e. The van der Waals surface area contributed by atoms with Crippen LogP contribution in [-0.2, 0) is 53.1 Å². The monoisotopic (exact) mass is 937 g/mol. The number of nitrogens with one attached hydrogen (secondary N) is 4. The second-order valence-corrected chi connectivity index (χ2v) is 23.6. The van der Waals surface area contributed by atoms with E-state index in [4.69, 9.17) is 53.1 Å². The van der Waals surface area contributed by atoms with Crippen LogP contribution in [0.2, 0.25) is 24.2 Å². The highest BCUT2D eigenvalue weighted by atomic mass is 28.4. The summed E-state index contributed by atoms with van der Waals surface area (Å²) in [7, 11) is -10.6. The second-order valence-electron chi connectivity index (χ2n) is 12.7. The molecule has 22 heteroatoms. The fourth-order valence-electron chi connectivity index (χ4n) is 6.16. The quantitative estimate of drug-likeness (QED) is 0.0394. The van der Waals surface area contributed by atoms with Gasteiger partial charge in [0.2, 0.25) is 0 Å². The summed E-state index contributed by atoms with van der Waals surface area (Å²) in [5.41, 5.74) is 0. The molecule has 0 aliphatic rings. The van der Waals surface area contributed by atoms with Gasteiger partial charge in [0.25, 0.3) is 0 Å². The average molecular weight is 937 g/mol. The number of hydrogen-bond acceptors (Lipinski definition) is 14. The molecule has 0 saturated carbocycles. The molecular formula is C38H88N4O14Si4. The molecule has 0 aliphatic carbocycles. The molecule has 0 aliphatic heterocycles. The lowest BCUT2D eigenvalue weighted by Crippen LogP contribution is -2.47. The minimum atomic E-state index is -2.65. The Bertz CT molecular complexity index is 803. The number of carbonyl (C=O) groups excluding carboxylic acids is 2. The molecule has 0 saturated heterocycles. The van der Waals surface area contributed by atoms with Crippen molar-refractivity contribution in [3.8, 4) is 0 Å². The molecule has 0 radical (unpaired) electrons. The van der Waals surface area contributed by atoms with Crippen molar-refractivity contribution in [3.63, 3.8) is 0 Å². The second kappa shape index (κ2) is 39.5. The summed E-state index contributed by atoms with van der Waals surface area (Å²) in [5, 5.41) is 11.5. The largest absolute Gasteiger partial charge is 0.500 e. The summed E-state index contributed by atoms with van der Waals surface area (Å²) in [6.45, 7) is 32.0. The van der Waals surface area contributed by atoms with Crippen LogP contribution in [0, 0.1) is 0 Å². The summed E-state index contributed by atoms with van der Waals surface area (Å²) < 4.78 is 69.9. The van der Waals surface area contributed by atoms with Gasteiger partial charge in [-0.05, 0) is 109 Å². The van der Waals surface area contributed by atoms with Crippen molar-refractivity contribution in [1.29, 1.82) is 0 Å². The topological polar surface area (TPSA) is 193 Å². The predicted octanol–water partition coefficient (Wildman–Crippen LogP) is 6.33. The molecule has 60 heavy (non-hydrogen) atoms. The number of amides is 4. The Morgan fingerprint density at radius 2 is 0.417 bits per heavy atom. The Morgan fingerprint density at radius 1 is 0.283 bits per heavy atom. The van der Waals surface area contributed by atoms with Crippen LogP contribution in [0.25, 0.3) is 0 Å². The van der Waals surface area contributed by atoms with E-state index in [1.54, 1.807) is 0 Å². The zero-order chi connectivity index (χ0) is 45.4. The van der Waals surface area contributed by atoms with Crippen LogP contribution in [-0.4, -0.2) is 153 Å². The van der Waals surface area contributed by atoms with E-state index in [0.29, 0.717) is 130 Å². The van der Waals surface area contributed by atoms with Crippen LogP contribution in [0.4, 0.5) is 9.59 Å². The van der Waals surface area contributed by atoms with Crippen LogP contribution >= 0.6 is 0 Å². The number of carbonyl (C=O) groups is 2. The highest BCUT2D eigenvalue weighted by Gasteiger charge is 2.42. The van der Waals surface area contributed by atoms with Crippen molar-refractivity contribution in [3.05, 3.63) is 0 Å². The average Bonchev–Trinajstić information content (AvgIpc) is 3.20. The highest BCUT2D eigenvalue weighted by Crippen LogP contribution is 2.21. The van der Waals surface area contributed by atoms with Gasteiger partial charge in [0, 0.05) is 130 Å². The van der Waals surface area contributed by atoms with Crippen molar-refractivity contribution in [2.24, 2.45) is 0 Å². The first-order chi connectivity index (χ1) is 28.9. The molecule has 0 rings (SSSR count). The first-order valence-electron chi connectivity index (χ1n) is 22.6. The van der Waals surface area contributed by atoms with E-state index in [9.17, 15) is 9.59 Å². The van der Waals surface area contributed by atoms with Crippen molar-refractivity contribution in [1.82, 2.24) is 21.3 Å². The SMILES string of the molecule is CCO[Si](CCCNC(=O)NCCC[Si](OCC)(OCC)OCC)(OCC)OCC.CCO[Si](CCCNC(=O)NCCC[Si](OCC)(OCC)OCC)(OCC)OCC. The summed E-state index contributed by atoms with van der Waals surface area (Å²) >= 11 is 0. The minimum Gasteiger partial charge on any atom is -0.374 e. The summed E-state index contributed by atoms with van der Waals surface area (Å²) in [6.07, 6.45) is 2.92. The zero-order valence-electron chi connectivity index (χ0n) is 39.7. The molecule has 0 aromatic heterocycles. The Hall–Kier alpha value is -1.07. The van der Waals surface area contributed by atoms with Gasteiger partial charge in [-0.25, -0.2) is 9.59 Å². The Balaban J connectivity index is 0. The van der Waals surface area contributed by atoms with Gasteiger partial charge in [-0.3, -0.25) is 0 Å². The molecule has 0 atom stereocenters. The van der Waals surface area contributed by atoms with E-state index in [2.05, 4.69) is 21.3 Å². The van der Waals surface area contributed by atoms with Gasteiger partial charge < -0.3 is 74.4 Å². The molecule has 0 fully saturated rings. The van der Waals surface area contributed by atoms with Gasteiger partial charge in [-0.15, -0.1) is 0 Å². The van der Waals surface area contributed by atoms with Crippen LogP contribution in [0.5, 0.6) is 0 Å². The van der Waals surface area contributed by atoms with E-state index < -0.39 is 35.2 Å². The van der Waals surface area contributed by atoms with Gasteiger partial charge in [0.05, 0.1) is 0 Å². The van der Waals surface area contributed by atoms with E-state index in [1.807, 2.05) is 83.1 Å². The van der Waals surface area contributed by atoms with E-state index in [1.165, 1.54) is 0 Å². The first-order valence-corrected chi connectivity index (χ1v) is 30.4. The van der Waals surface area contributed by atoms with Crippen LogP contribution in [0.15, 0.2) is 0 Å².